The Kier molecular flexibility index (Phi) is 8.15. The number of carbonyl (C=O) groups excluding carboxylic acids is 2. The third kappa shape index (κ3) is 6.54. The van der Waals surface area contributed by atoms with Crippen LogP contribution in [-0.4, -0.2) is 24.6 Å². The van der Waals surface area contributed by atoms with Gasteiger partial charge >= 0.3 is 0 Å². The first-order valence-corrected chi connectivity index (χ1v) is 10.4. The zero-order valence-corrected chi connectivity index (χ0v) is 18.2. The Labute approximate surface area is 188 Å². The summed E-state index contributed by atoms with van der Waals surface area (Å²) < 4.78 is 5.13. The van der Waals surface area contributed by atoms with E-state index >= 15 is 0 Å². The fourth-order valence-corrected chi connectivity index (χ4v) is 3.28. The molecule has 0 aliphatic carbocycles. The molecule has 0 aliphatic heterocycles. The van der Waals surface area contributed by atoms with Crippen molar-refractivity contribution in [3.63, 3.8) is 0 Å². The topological polar surface area (TPSA) is 79.8 Å². The smallest absolute Gasteiger partial charge is 0.252 e. The van der Waals surface area contributed by atoms with Crippen LogP contribution in [0.5, 0.6) is 5.75 Å². The Bertz CT molecular complexity index is 1010. The van der Waals surface area contributed by atoms with Crippen LogP contribution in [0.15, 0.2) is 90.0 Å². The highest BCUT2D eigenvalue weighted by Crippen LogP contribution is 2.24. The third-order valence-corrected chi connectivity index (χ3v) is 4.95. The normalized spacial score (nSPS) is 11.2. The molecular weight excluding hydrogens is 402 g/mol. The number of methoxy groups -OCH3 is 1. The van der Waals surface area contributed by atoms with Crippen molar-refractivity contribution in [1.29, 1.82) is 0 Å². The first-order chi connectivity index (χ1) is 15.6. The van der Waals surface area contributed by atoms with E-state index in [1.807, 2.05) is 84.9 Å². The summed E-state index contributed by atoms with van der Waals surface area (Å²) in [5.74, 6) is -0.139. The summed E-state index contributed by atoms with van der Waals surface area (Å²) in [4.78, 5) is 25.2. The van der Waals surface area contributed by atoms with Crippen LogP contribution in [0.2, 0.25) is 0 Å². The molecule has 0 spiro atoms. The van der Waals surface area contributed by atoms with Crippen molar-refractivity contribution in [1.82, 2.24) is 10.7 Å². The van der Waals surface area contributed by atoms with Gasteiger partial charge in [-0.2, -0.15) is 5.10 Å². The lowest BCUT2D eigenvalue weighted by Gasteiger charge is -2.16. The second kappa shape index (κ2) is 11.5. The minimum absolute atomic E-state index is 0.0950. The van der Waals surface area contributed by atoms with Gasteiger partial charge in [0.2, 0.25) is 5.91 Å². The first-order valence-electron chi connectivity index (χ1n) is 10.4. The van der Waals surface area contributed by atoms with Gasteiger partial charge < -0.3 is 10.1 Å². The molecule has 2 N–H and O–H groups in total. The Hall–Kier alpha value is -3.93. The molecule has 0 aliphatic rings. The molecule has 0 radical (unpaired) electrons. The molecule has 2 amide bonds. The van der Waals surface area contributed by atoms with Crippen LogP contribution in [-0.2, 0) is 16.1 Å². The quantitative estimate of drug-likeness (QED) is 0.398. The molecule has 164 valence electrons. The van der Waals surface area contributed by atoms with Crippen molar-refractivity contribution >= 4 is 17.5 Å². The maximum Gasteiger partial charge on any atom is 0.252 e. The van der Waals surface area contributed by atoms with Gasteiger partial charge in [0.1, 0.15) is 5.75 Å². The molecule has 6 heteroatoms. The van der Waals surface area contributed by atoms with Crippen LogP contribution in [0.3, 0.4) is 0 Å². The number of ether oxygens (including phenoxy) is 1. The minimum Gasteiger partial charge on any atom is -0.497 e. The summed E-state index contributed by atoms with van der Waals surface area (Å²) in [5.41, 5.74) is 5.87. The highest BCUT2D eigenvalue weighted by Gasteiger charge is 2.22. The molecule has 0 atom stereocenters. The maximum atomic E-state index is 13.0. The number of benzene rings is 3. The van der Waals surface area contributed by atoms with Crippen LogP contribution in [0.4, 0.5) is 0 Å². The van der Waals surface area contributed by atoms with Gasteiger partial charge in [-0.25, -0.2) is 5.43 Å². The lowest BCUT2D eigenvalue weighted by atomic mass is 9.91. The second-order valence-corrected chi connectivity index (χ2v) is 7.38. The number of hydrogen-bond acceptors (Lipinski definition) is 4. The Morgan fingerprint density at radius 3 is 1.97 bits per heavy atom. The number of nitrogens with zero attached hydrogens (tertiary/aromatic N) is 1. The molecular formula is C26H27N3O3. The van der Waals surface area contributed by atoms with Crippen LogP contribution >= 0.6 is 0 Å². The van der Waals surface area contributed by atoms with E-state index in [9.17, 15) is 9.59 Å². The predicted molar refractivity (Wildman–Crippen MR) is 125 cm³/mol. The number of hydrazone groups is 1. The molecule has 0 saturated carbocycles. The van der Waals surface area contributed by atoms with Crippen LogP contribution in [0.25, 0.3) is 0 Å². The average Bonchev–Trinajstić information content (AvgIpc) is 2.83. The molecule has 3 rings (SSSR count). The van der Waals surface area contributed by atoms with Crippen molar-refractivity contribution in [3.8, 4) is 5.75 Å². The van der Waals surface area contributed by atoms with E-state index in [-0.39, 0.29) is 18.2 Å². The average molecular weight is 430 g/mol. The minimum atomic E-state index is -0.488. The molecule has 0 saturated heterocycles. The lowest BCUT2D eigenvalue weighted by molar-refractivity contribution is -0.122. The van der Waals surface area contributed by atoms with Crippen LogP contribution in [0.1, 0.15) is 36.0 Å². The number of hydrogen-bond donors (Lipinski definition) is 2. The fraction of sp³-hybridized carbons (Fsp3) is 0.192. The van der Waals surface area contributed by atoms with Gasteiger partial charge in [-0.3, -0.25) is 9.59 Å². The summed E-state index contributed by atoms with van der Waals surface area (Å²) in [7, 11) is 1.61. The summed E-state index contributed by atoms with van der Waals surface area (Å²) in [6.07, 6.45) is 0.0950. The van der Waals surface area contributed by atoms with Gasteiger partial charge in [0.25, 0.3) is 5.91 Å². The summed E-state index contributed by atoms with van der Waals surface area (Å²) in [6, 6.07) is 26.6. The van der Waals surface area contributed by atoms with E-state index in [0.29, 0.717) is 12.3 Å². The van der Waals surface area contributed by atoms with Crippen molar-refractivity contribution in [2.45, 2.75) is 25.8 Å². The van der Waals surface area contributed by atoms with E-state index < -0.39 is 5.92 Å². The Morgan fingerprint density at radius 1 is 0.875 bits per heavy atom. The van der Waals surface area contributed by atoms with E-state index in [1.54, 1.807) is 14.0 Å². The van der Waals surface area contributed by atoms with Gasteiger partial charge in [0.05, 0.1) is 19.4 Å². The van der Waals surface area contributed by atoms with Crippen molar-refractivity contribution < 1.29 is 14.3 Å². The van der Waals surface area contributed by atoms with Crippen molar-refractivity contribution in [3.05, 3.63) is 102 Å². The molecule has 0 fully saturated rings. The predicted octanol–water partition coefficient (Wildman–Crippen LogP) is 4.03. The zero-order valence-electron chi connectivity index (χ0n) is 18.2. The molecule has 6 nitrogen and oxygen atoms in total. The Morgan fingerprint density at radius 2 is 1.44 bits per heavy atom. The summed E-state index contributed by atoms with van der Waals surface area (Å²) in [5, 5.41) is 7.01. The third-order valence-electron chi connectivity index (χ3n) is 4.95. The second-order valence-electron chi connectivity index (χ2n) is 7.38. The number of rotatable bonds is 9. The lowest BCUT2D eigenvalue weighted by Crippen LogP contribution is -2.29. The van der Waals surface area contributed by atoms with Crippen molar-refractivity contribution in [2.75, 3.05) is 7.11 Å². The SMILES string of the molecule is COc1ccc(CNC(=O)CC(C)=NNC(=O)C(c2ccccc2)c2ccccc2)cc1. The van der Waals surface area contributed by atoms with Gasteiger partial charge in [-0.15, -0.1) is 0 Å². The van der Waals surface area contributed by atoms with Crippen LogP contribution < -0.4 is 15.5 Å². The van der Waals surface area contributed by atoms with E-state index in [4.69, 9.17) is 4.74 Å². The Balaban J connectivity index is 1.58. The van der Waals surface area contributed by atoms with Crippen LogP contribution in [0, 0.1) is 0 Å². The van der Waals surface area contributed by atoms with Gasteiger partial charge in [0, 0.05) is 12.3 Å². The standard InChI is InChI=1S/C26H27N3O3/c1-19(17-24(30)27-18-20-13-15-23(32-2)16-14-20)28-29-26(31)25(21-9-5-3-6-10-21)22-11-7-4-8-12-22/h3-16,25H,17-18H2,1-2H3,(H,27,30)(H,29,31). The largest absolute Gasteiger partial charge is 0.497 e. The molecule has 0 heterocycles. The van der Waals surface area contributed by atoms with Crippen molar-refractivity contribution in [2.24, 2.45) is 5.10 Å². The molecule has 32 heavy (non-hydrogen) atoms. The molecule has 0 bridgehead atoms. The molecule has 3 aromatic rings. The van der Waals surface area contributed by atoms with Gasteiger partial charge in [0.15, 0.2) is 0 Å². The van der Waals surface area contributed by atoms with E-state index in [1.165, 1.54) is 0 Å². The fourth-order valence-electron chi connectivity index (χ4n) is 3.28. The highest BCUT2D eigenvalue weighted by molar-refractivity contribution is 6.00. The molecule has 3 aromatic carbocycles. The first kappa shape index (κ1) is 22.7. The van der Waals surface area contributed by atoms with E-state index in [0.717, 1.165) is 22.4 Å². The maximum absolute atomic E-state index is 13.0. The number of amides is 2. The van der Waals surface area contributed by atoms with E-state index in [2.05, 4.69) is 15.8 Å². The zero-order chi connectivity index (χ0) is 22.8. The van der Waals surface area contributed by atoms with Gasteiger partial charge in [-0.1, -0.05) is 72.8 Å². The summed E-state index contributed by atoms with van der Waals surface area (Å²) in [6.45, 7) is 2.12. The number of carbonyl (C=O) groups is 2. The number of nitrogens with one attached hydrogen (secondary N) is 2. The monoisotopic (exact) mass is 429 g/mol. The molecule has 0 aromatic heterocycles. The summed E-state index contributed by atoms with van der Waals surface area (Å²) >= 11 is 0. The molecule has 0 unspecified atom stereocenters. The highest BCUT2D eigenvalue weighted by atomic mass is 16.5. The van der Waals surface area contributed by atoms with Gasteiger partial charge in [-0.05, 0) is 35.7 Å².